The molecule has 6 nitrogen and oxygen atoms in total. The van der Waals surface area contributed by atoms with Crippen LogP contribution in [0.3, 0.4) is 0 Å². The van der Waals surface area contributed by atoms with E-state index in [9.17, 15) is 23.5 Å². The maximum Gasteiger partial charge on any atom is 0.304 e. The molecule has 1 aliphatic carbocycles. The van der Waals surface area contributed by atoms with E-state index in [1.807, 2.05) is 11.8 Å². The normalized spacial score (nSPS) is 25.9. The molecule has 0 saturated carbocycles. The van der Waals surface area contributed by atoms with E-state index in [2.05, 4.69) is 16.3 Å². The van der Waals surface area contributed by atoms with Crippen LogP contribution in [0.2, 0.25) is 5.02 Å². The van der Waals surface area contributed by atoms with Gasteiger partial charge in [-0.1, -0.05) is 42.3 Å². The lowest BCUT2D eigenvalue weighted by molar-refractivity contribution is -0.147. The summed E-state index contributed by atoms with van der Waals surface area (Å²) in [5.41, 5.74) is 0.597. The molecule has 2 aliphatic heterocycles. The Hall–Kier alpha value is -2.03. The Labute approximate surface area is 223 Å². The summed E-state index contributed by atoms with van der Waals surface area (Å²) in [6, 6.07) is 4.45. The Kier molecular flexibility index (Phi) is 9.24. The summed E-state index contributed by atoms with van der Waals surface area (Å²) in [5, 5.41) is 13.1. The van der Waals surface area contributed by atoms with Crippen molar-refractivity contribution in [3.05, 3.63) is 46.0 Å². The summed E-state index contributed by atoms with van der Waals surface area (Å²) in [5.74, 6) is -1.53. The van der Waals surface area contributed by atoms with E-state index in [4.69, 9.17) is 11.6 Å². The number of likely N-dealkylation sites (tertiary alicyclic amines) is 2. The molecule has 2 N–H and O–H groups in total. The number of rotatable bonds is 9. The molecule has 2 heterocycles. The van der Waals surface area contributed by atoms with E-state index in [0.717, 1.165) is 32.5 Å². The van der Waals surface area contributed by atoms with Gasteiger partial charge < -0.3 is 10.4 Å². The van der Waals surface area contributed by atoms with Crippen molar-refractivity contribution in [3.8, 4) is 0 Å². The van der Waals surface area contributed by atoms with Crippen molar-refractivity contribution in [1.29, 1.82) is 0 Å². The number of amides is 1. The highest BCUT2D eigenvalue weighted by atomic mass is 35.5. The van der Waals surface area contributed by atoms with Crippen LogP contribution in [0.25, 0.3) is 0 Å². The van der Waals surface area contributed by atoms with Gasteiger partial charge >= 0.3 is 5.97 Å². The summed E-state index contributed by atoms with van der Waals surface area (Å²) in [6.07, 6.45) is 5.95. The average Bonchev–Trinajstić information content (AvgIpc) is 3.17. The largest absolute Gasteiger partial charge is 0.481 e. The monoisotopic (exact) mass is 537 g/mol. The van der Waals surface area contributed by atoms with E-state index in [-0.39, 0.29) is 48.0 Å². The van der Waals surface area contributed by atoms with Gasteiger partial charge in [0.2, 0.25) is 5.91 Å². The third-order valence-electron chi connectivity index (χ3n) is 8.41. The number of allylic oxidation sites excluding steroid dienone is 1. The van der Waals surface area contributed by atoms with Crippen molar-refractivity contribution in [2.24, 2.45) is 11.3 Å². The number of carbonyl (C=O) groups excluding carboxylic acids is 1. The number of carbonyl (C=O) groups is 2. The number of hydrogen-bond donors (Lipinski definition) is 2. The minimum Gasteiger partial charge on any atom is -0.481 e. The Morgan fingerprint density at radius 2 is 1.95 bits per heavy atom. The zero-order valence-electron chi connectivity index (χ0n) is 21.5. The van der Waals surface area contributed by atoms with Crippen LogP contribution in [0, 0.1) is 11.3 Å². The molecule has 0 unspecified atom stereocenters. The number of hydrogen-bond acceptors (Lipinski definition) is 4. The first-order valence-corrected chi connectivity index (χ1v) is 13.8. The first kappa shape index (κ1) is 28.0. The van der Waals surface area contributed by atoms with Gasteiger partial charge in [0.15, 0.2) is 0 Å². The van der Waals surface area contributed by atoms with Gasteiger partial charge in [-0.25, -0.2) is 8.78 Å². The van der Waals surface area contributed by atoms with Gasteiger partial charge in [0, 0.05) is 55.9 Å². The lowest BCUT2D eigenvalue weighted by Gasteiger charge is -2.36. The molecule has 37 heavy (non-hydrogen) atoms. The number of carboxylic acid groups (broad SMARTS) is 1. The fourth-order valence-electron chi connectivity index (χ4n) is 6.25. The van der Waals surface area contributed by atoms with Crippen molar-refractivity contribution in [2.45, 2.75) is 70.9 Å². The maximum atomic E-state index is 13.7. The molecule has 2 fully saturated rings. The van der Waals surface area contributed by atoms with E-state index >= 15 is 0 Å². The number of aliphatic carboxylic acids is 1. The van der Waals surface area contributed by atoms with E-state index in [1.165, 1.54) is 43.4 Å². The molecule has 1 aromatic rings. The topological polar surface area (TPSA) is 72.9 Å². The third-order valence-corrected chi connectivity index (χ3v) is 8.76. The maximum absolute atomic E-state index is 13.7. The van der Waals surface area contributed by atoms with Crippen molar-refractivity contribution < 1.29 is 23.5 Å². The van der Waals surface area contributed by atoms with Gasteiger partial charge in [0.1, 0.15) is 0 Å². The molecule has 4 rings (SSSR count). The second-order valence-electron chi connectivity index (χ2n) is 11.0. The molecule has 2 saturated heterocycles. The summed E-state index contributed by atoms with van der Waals surface area (Å²) in [7, 11) is 0. The standard InChI is InChI=1S/C28H38ClF2N3O3/c1-19-15-34(17-23-22(26(30)31)8-5-9-24(23)29)18-28(19,14-25(35)36)27(37)32-21-10-12-33(13-11-21)16-20-6-3-2-4-7-20/h5-6,8-9,19,21,26H,2-4,7,10-18H2,1H3,(H,32,37)(H,35,36)/t19-,28+/m1/s1. The Balaban J connectivity index is 1.40. The molecule has 1 amide bonds. The molecule has 0 radical (unpaired) electrons. The predicted molar refractivity (Wildman–Crippen MR) is 140 cm³/mol. The van der Waals surface area contributed by atoms with Gasteiger partial charge in [-0.15, -0.1) is 0 Å². The van der Waals surface area contributed by atoms with Gasteiger partial charge in [0.05, 0.1) is 11.8 Å². The highest BCUT2D eigenvalue weighted by Crippen LogP contribution is 2.41. The lowest BCUT2D eigenvalue weighted by atomic mass is 9.75. The number of alkyl halides is 2. The van der Waals surface area contributed by atoms with Crippen LogP contribution in [-0.4, -0.2) is 65.5 Å². The summed E-state index contributed by atoms with van der Waals surface area (Å²) in [6.45, 7) is 5.45. The van der Waals surface area contributed by atoms with E-state index in [1.54, 1.807) is 6.07 Å². The average molecular weight is 538 g/mol. The minimum absolute atomic E-state index is 0.00464. The molecular formula is C28H38ClF2N3O3. The number of piperidine rings is 1. The lowest BCUT2D eigenvalue weighted by Crippen LogP contribution is -2.53. The predicted octanol–water partition coefficient (Wildman–Crippen LogP) is 5.27. The highest BCUT2D eigenvalue weighted by molar-refractivity contribution is 6.31. The third kappa shape index (κ3) is 6.70. The Bertz CT molecular complexity index is 1010. The van der Waals surface area contributed by atoms with Gasteiger partial charge in [-0.05, 0) is 56.1 Å². The number of nitrogens with zero attached hydrogens (tertiary/aromatic N) is 2. The number of carboxylic acids is 1. The number of nitrogens with one attached hydrogen (secondary N) is 1. The van der Waals surface area contributed by atoms with Crippen molar-refractivity contribution in [1.82, 2.24) is 15.1 Å². The second-order valence-corrected chi connectivity index (χ2v) is 11.4. The van der Waals surface area contributed by atoms with Gasteiger partial charge in [-0.2, -0.15) is 0 Å². The second kappa shape index (κ2) is 12.2. The molecule has 1 aromatic carbocycles. The Morgan fingerprint density at radius 1 is 1.19 bits per heavy atom. The fourth-order valence-corrected chi connectivity index (χ4v) is 6.49. The van der Waals surface area contributed by atoms with Crippen LogP contribution in [0.1, 0.15) is 69.4 Å². The van der Waals surface area contributed by atoms with Crippen molar-refractivity contribution in [2.75, 3.05) is 32.7 Å². The van der Waals surface area contributed by atoms with E-state index in [0.29, 0.717) is 12.1 Å². The summed E-state index contributed by atoms with van der Waals surface area (Å²) >= 11 is 6.27. The first-order valence-electron chi connectivity index (χ1n) is 13.4. The molecule has 204 valence electrons. The van der Waals surface area contributed by atoms with E-state index < -0.39 is 17.8 Å². The van der Waals surface area contributed by atoms with Gasteiger partial charge in [-0.3, -0.25) is 19.4 Å². The molecule has 0 aromatic heterocycles. The SMILES string of the molecule is C[C@@H]1CN(Cc2c(Cl)cccc2C(F)F)C[C@]1(CC(=O)O)C(=O)NC1CCN(CC2=CCCCC2)CC1. The van der Waals surface area contributed by atoms with Crippen LogP contribution >= 0.6 is 11.6 Å². The van der Waals surface area contributed by atoms with Gasteiger partial charge in [0.25, 0.3) is 6.43 Å². The Morgan fingerprint density at radius 3 is 2.59 bits per heavy atom. The smallest absolute Gasteiger partial charge is 0.304 e. The fraction of sp³-hybridized carbons (Fsp3) is 0.643. The number of benzene rings is 1. The summed E-state index contributed by atoms with van der Waals surface area (Å²) in [4.78, 5) is 29.8. The van der Waals surface area contributed by atoms with Crippen LogP contribution in [0.15, 0.2) is 29.8 Å². The van der Waals surface area contributed by atoms with Crippen LogP contribution in [0.5, 0.6) is 0 Å². The van der Waals surface area contributed by atoms with Crippen LogP contribution in [-0.2, 0) is 16.1 Å². The molecule has 0 spiro atoms. The van der Waals surface area contributed by atoms with Crippen molar-refractivity contribution in [3.63, 3.8) is 0 Å². The highest BCUT2D eigenvalue weighted by Gasteiger charge is 2.51. The molecular weight excluding hydrogens is 500 g/mol. The molecule has 9 heteroatoms. The van der Waals surface area contributed by atoms with Crippen LogP contribution in [0.4, 0.5) is 8.78 Å². The zero-order valence-corrected chi connectivity index (χ0v) is 22.3. The van der Waals surface area contributed by atoms with Crippen molar-refractivity contribution >= 4 is 23.5 Å². The molecule has 2 atom stereocenters. The molecule has 0 bridgehead atoms. The quantitative estimate of drug-likeness (QED) is 0.420. The van der Waals surface area contributed by atoms with Crippen LogP contribution < -0.4 is 5.32 Å². The number of halogens is 3. The zero-order chi connectivity index (χ0) is 26.6. The minimum atomic E-state index is -2.67. The summed E-state index contributed by atoms with van der Waals surface area (Å²) < 4.78 is 27.2. The first-order chi connectivity index (χ1) is 17.7. The molecule has 3 aliphatic rings.